The summed E-state index contributed by atoms with van der Waals surface area (Å²) in [6.45, 7) is 5.42. The first-order valence-corrected chi connectivity index (χ1v) is 8.64. The van der Waals surface area contributed by atoms with Crippen molar-refractivity contribution in [2.45, 2.75) is 23.6 Å². The molecule has 1 aliphatic rings. The lowest BCUT2D eigenvalue weighted by molar-refractivity contribution is 0.0227. The summed E-state index contributed by atoms with van der Waals surface area (Å²) in [5.41, 5.74) is 0.211. The average molecular weight is 334 g/mol. The molecule has 1 saturated heterocycles. The number of sulfone groups is 1. The van der Waals surface area contributed by atoms with Gasteiger partial charge in [0.2, 0.25) is 9.84 Å². The van der Waals surface area contributed by atoms with Crippen LogP contribution in [0.2, 0.25) is 0 Å². The normalized spacial score (nSPS) is 18.4. The maximum Gasteiger partial charge on any atom is 0.341 e. The standard InChI is InChI=1S/C14H20F2N2O3S/c1-11(18-6-8-21-9-7-18)10-17-12-4-2-3-5-13(12)22(19,20)14(15)16/h2-5,11,14,17H,6-10H2,1H3. The van der Waals surface area contributed by atoms with Crippen molar-refractivity contribution in [1.82, 2.24) is 4.90 Å². The molecule has 1 heterocycles. The van der Waals surface area contributed by atoms with E-state index in [0.29, 0.717) is 19.8 Å². The molecule has 5 nitrogen and oxygen atoms in total. The van der Waals surface area contributed by atoms with Crippen LogP contribution in [0.25, 0.3) is 0 Å². The summed E-state index contributed by atoms with van der Waals surface area (Å²) >= 11 is 0. The van der Waals surface area contributed by atoms with Crippen molar-refractivity contribution in [3.05, 3.63) is 24.3 Å². The summed E-state index contributed by atoms with van der Waals surface area (Å²) in [6, 6.07) is 5.90. The monoisotopic (exact) mass is 334 g/mol. The fraction of sp³-hybridized carbons (Fsp3) is 0.571. The van der Waals surface area contributed by atoms with Crippen LogP contribution in [0.5, 0.6) is 0 Å². The van der Waals surface area contributed by atoms with E-state index in [1.54, 1.807) is 6.07 Å². The predicted molar refractivity (Wildman–Crippen MR) is 80.0 cm³/mol. The number of anilines is 1. The van der Waals surface area contributed by atoms with E-state index in [4.69, 9.17) is 4.74 Å². The molecule has 1 atom stereocenters. The molecule has 1 aromatic carbocycles. The van der Waals surface area contributed by atoms with Crippen LogP contribution < -0.4 is 5.32 Å². The van der Waals surface area contributed by atoms with Crippen LogP contribution in [0.1, 0.15) is 6.92 Å². The van der Waals surface area contributed by atoms with Crippen LogP contribution in [-0.4, -0.2) is 58.0 Å². The van der Waals surface area contributed by atoms with Crippen molar-refractivity contribution >= 4 is 15.5 Å². The van der Waals surface area contributed by atoms with Gasteiger partial charge in [-0.25, -0.2) is 8.42 Å². The molecule has 1 aromatic rings. The zero-order valence-electron chi connectivity index (χ0n) is 12.3. The fourth-order valence-corrected chi connectivity index (χ4v) is 3.27. The van der Waals surface area contributed by atoms with Crippen molar-refractivity contribution in [3.63, 3.8) is 0 Å². The van der Waals surface area contributed by atoms with Gasteiger partial charge in [0, 0.05) is 25.7 Å². The third-order valence-electron chi connectivity index (χ3n) is 3.69. The molecule has 0 amide bonds. The molecule has 2 rings (SSSR count). The summed E-state index contributed by atoms with van der Waals surface area (Å²) in [5, 5.41) is 2.98. The summed E-state index contributed by atoms with van der Waals surface area (Å²) in [6.07, 6.45) is 0. The van der Waals surface area contributed by atoms with Crippen molar-refractivity contribution < 1.29 is 21.9 Å². The van der Waals surface area contributed by atoms with Gasteiger partial charge in [-0.05, 0) is 19.1 Å². The van der Waals surface area contributed by atoms with Gasteiger partial charge in [0.25, 0.3) is 0 Å². The van der Waals surface area contributed by atoms with Crippen LogP contribution in [-0.2, 0) is 14.6 Å². The topological polar surface area (TPSA) is 58.6 Å². The first kappa shape index (κ1) is 17.1. The van der Waals surface area contributed by atoms with Crippen LogP contribution in [0.3, 0.4) is 0 Å². The lowest BCUT2D eigenvalue weighted by Crippen LogP contribution is -2.45. The highest BCUT2D eigenvalue weighted by Gasteiger charge is 2.29. The first-order valence-electron chi connectivity index (χ1n) is 7.09. The third-order valence-corrected chi connectivity index (χ3v) is 5.12. The maximum absolute atomic E-state index is 12.7. The number of morpholine rings is 1. The van der Waals surface area contributed by atoms with Gasteiger partial charge >= 0.3 is 5.76 Å². The van der Waals surface area contributed by atoms with Crippen molar-refractivity contribution in [2.75, 3.05) is 38.2 Å². The summed E-state index contributed by atoms with van der Waals surface area (Å²) in [4.78, 5) is 1.85. The number of alkyl halides is 2. The number of rotatable bonds is 6. The number of halogens is 2. The molecule has 22 heavy (non-hydrogen) atoms. The van der Waals surface area contributed by atoms with Gasteiger partial charge in [0.05, 0.1) is 23.8 Å². The molecule has 1 aliphatic heterocycles. The Kier molecular flexibility index (Phi) is 5.71. The number of para-hydroxylation sites is 1. The van der Waals surface area contributed by atoms with E-state index in [1.165, 1.54) is 18.2 Å². The molecule has 8 heteroatoms. The van der Waals surface area contributed by atoms with Gasteiger partial charge in [0.15, 0.2) is 0 Å². The van der Waals surface area contributed by atoms with Crippen molar-refractivity contribution in [2.24, 2.45) is 0 Å². The molecule has 0 saturated carbocycles. The third kappa shape index (κ3) is 3.93. The minimum atomic E-state index is -4.61. The summed E-state index contributed by atoms with van der Waals surface area (Å²) in [7, 11) is -4.61. The fourth-order valence-electron chi connectivity index (χ4n) is 2.36. The molecule has 0 radical (unpaired) electrons. The minimum Gasteiger partial charge on any atom is -0.382 e. The molecule has 0 aliphatic carbocycles. The van der Waals surface area contributed by atoms with Gasteiger partial charge < -0.3 is 10.1 Å². The van der Waals surface area contributed by atoms with Crippen LogP contribution in [0.15, 0.2) is 29.2 Å². The Morgan fingerprint density at radius 2 is 1.91 bits per heavy atom. The largest absolute Gasteiger partial charge is 0.382 e. The van der Waals surface area contributed by atoms with Crippen LogP contribution in [0, 0.1) is 0 Å². The van der Waals surface area contributed by atoms with Gasteiger partial charge in [0.1, 0.15) is 0 Å². The number of nitrogens with zero attached hydrogens (tertiary/aromatic N) is 1. The van der Waals surface area contributed by atoms with E-state index in [9.17, 15) is 17.2 Å². The minimum absolute atomic E-state index is 0.145. The van der Waals surface area contributed by atoms with Crippen molar-refractivity contribution in [3.8, 4) is 0 Å². The number of ether oxygens (including phenoxy) is 1. The number of benzene rings is 1. The van der Waals surface area contributed by atoms with E-state index in [0.717, 1.165) is 13.1 Å². The van der Waals surface area contributed by atoms with Crippen LogP contribution >= 0.6 is 0 Å². The molecular weight excluding hydrogens is 314 g/mol. The second-order valence-corrected chi connectivity index (χ2v) is 7.07. The zero-order valence-corrected chi connectivity index (χ0v) is 13.2. The van der Waals surface area contributed by atoms with E-state index in [-0.39, 0.29) is 16.6 Å². The highest BCUT2D eigenvalue weighted by atomic mass is 32.2. The molecule has 124 valence electrons. The zero-order chi connectivity index (χ0) is 16.2. The lowest BCUT2D eigenvalue weighted by atomic mass is 10.2. The molecule has 0 bridgehead atoms. The second-order valence-electron chi connectivity index (χ2n) is 5.18. The predicted octanol–water partition coefficient (Wildman–Crippen LogP) is 1.82. The highest BCUT2D eigenvalue weighted by Crippen LogP contribution is 2.26. The smallest absolute Gasteiger partial charge is 0.341 e. The van der Waals surface area contributed by atoms with Gasteiger partial charge in [-0.1, -0.05) is 12.1 Å². The number of hydrogen-bond acceptors (Lipinski definition) is 5. The number of hydrogen-bond donors (Lipinski definition) is 1. The molecule has 1 unspecified atom stereocenters. The Morgan fingerprint density at radius 1 is 1.27 bits per heavy atom. The quantitative estimate of drug-likeness (QED) is 0.860. The van der Waals surface area contributed by atoms with E-state index >= 15 is 0 Å². The second kappa shape index (κ2) is 7.34. The first-order chi connectivity index (χ1) is 10.4. The molecule has 0 aromatic heterocycles. The highest BCUT2D eigenvalue weighted by molar-refractivity contribution is 7.91. The Balaban J connectivity index is 2.07. The Morgan fingerprint density at radius 3 is 2.55 bits per heavy atom. The number of nitrogens with one attached hydrogen (secondary N) is 1. The van der Waals surface area contributed by atoms with Crippen molar-refractivity contribution in [1.29, 1.82) is 0 Å². The van der Waals surface area contributed by atoms with Gasteiger partial charge in [-0.3, -0.25) is 4.90 Å². The van der Waals surface area contributed by atoms with Gasteiger partial charge in [-0.15, -0.1) is 0 Å². The molecule has 0 spiro atoms. The van der Waals surface area contributed by atoms with E-state index in [1.807, 2.05) is 6.92 Å². The summed E-state index contributed by atoms with van der Waals surface area (Å²) < 4.78 is 54.1. The Bertz CT molecular complexity index is 590. The molecular formula is C14H20F2N2O3S. The summed E-state index contributed by atoms with van der Waals surface area (Å²) in [5.74, 6) is -3.42. The Hall–Kier alpha value is -1.25. The van der Waals surface area contributed by atoms with E-state index in [2.05, 4.69) is 10.2 Å². The lowest BCUT2D eigenvalue weighted by Gasteiger charge is -2.32. The molecule has 1 fully saturated rings. The maximum atomic E-state index is 12.7. The SMILES string of the molecule is CC(CNc1ccccc1S(=O)(=O)C(F)F)N1CCOCC1. The van der Waals surface area contributed by atoms with Gasteiger partial charge in [-0.2, -0.15) is 8.78 Å². The van der Waals surface area contributed by atoms with Crippen LogP contribution in [0.4, 0.5) is 14.5 Å². The Labute approximate surface area is 129 Å². The van der Waals surface area contributed by atoms with E-state index < -0.39 is 15.6 Å². The average Bonchev–Trinajstić information content (AvgIpc) is 2.53. The molecule has 1 N–H and O–H groups in total.